The number of thioether (sulfide) groups is 1. The maximum atomic E-state index is 13.2. The van der Waals surface area contributed by atoms with E-state index in [0.29, 0.717) is 36.9 Å². The molecular weight excluding hydrogens is 446 g/mol. The molecule has 6 nitrogen and oxygen atoms in total. The molecule has 1 atom stereocenters. The maximum absolute atomic E-state index is 13.2. The number of hydrogen-bond donors (Lipinski definition) is 1. The molecule has 4 rings (SSSR count). The molecule has 0 radical (unpaired) electrons. The molecule has 0 saturated carbocycles. The van der Waals surface area contributed by atoms with Crippen LogP contribution in [-0.2, 0) is 19.8 Å². The van der Waals surface area contributed by atoms with Gasteiger partial charge in [0.2, 0.25) is 17.7 Å². The normalized spacial score (nSPS) is 18.7. The lowest BCUT2D eigenvalue weighted by molar-refractivity contribution is -0.142. The molecule has 168 valence electrons. The van der Waals surface area contributed by atoms with Gasteiger partial charge in [-0.2, -0.15) is 0 Å². The van der Waals surface area contributed by atoms with Gasteiger partial charge in [-0.05, 0) is 37.6 Å². The van der Waals surface area contributed by atoms with E-state index in [1.54, 1.807) is 17.0 Å². The van der Waals surface area contributed by atoms with Crippen LogP contribution in [0.3, 0.4) is 0 Å². The third-order valence-electron chi connectivity index (χ3n) is 6.07. The maximum Gasteiger partial charge on any atom is 0.238 e. The van der Waals surface area contributed by atoms with Gasteiger partial charge in [-0.15, -0.1) is 11.8 Å². The van der Waals surface area contributed by atoms with Crippen molar-refractivity contribution in [2.75, 3.05) is 31.5 Å². The Hall–Kier alpha value is -2.51. The lowest BCUT2D eigenvalue weighted by Crippen LogP contribution is -2.54. The second-order valence-corrected chi connectivity index (χ2v) is 10.3. The van der Waals surface area contributed by atoms with Gasteiger partial charge in [-0.25, -0.2) is 0 Å². The van der Waals surface area contributed by atoms with Crippen molar-refractivity contribution in [1.29, 1.82) is 0 Å². The van der Waals surface area contributed by atoms with Gasteiger partial charge in [-0.3, -0.25) is 14.4 Å². The average Bonchev–Trinajstić information content (AvgIpc) is 2.80. The number of nitrogens with one attached hydrogen (secondary N) is 1. The molecule has 0 aromatic heterocycles. The van der Waals surface area contributed by atoms with E-state index in [0.717, 1.165) is 10.5 Å². The first-order chi connectivity index (χ1) is 15.3. The average molecular weight is 472 g/mol. The molecule has 0 aliphatic carbocycles. The standard InChI is InChI=1S/C24H26ClN3O3S/c1-24(2,16-6-4-3-5-7-16)23(31)28-12-10-27(11-13-28)21(29)15-20-22(30)26-18-14-17(25)8-9-19(18)32-20/h3-9,14,20H,10-13,15H2,1-2H3,(H,26,30). The Morgan fingerprint density at radius 3 is 2.41 bits per heavy atom. The summed E-state index contributed by atoms with van der Waals surface area (Å²) in [6.45, 7) is 5.80. The van der Waals surface area contributed by atoms with Crippen LogP contribution in [0.4, 0.5) is 5.69 Å². The molecule has 1 fully saturated rings. The van der Waals surface area contributed by atoms with E-state index >= 15 is 0 Å². The molecule has 2 aliphatic rings. The molecule has 0 spiro atoms. The Morgan fingerprint density at radius 1 is 1.06 bits per heavy atom. The number of rotatable bonds is 4. The summed E-state index contributed by atoms with van der Waals surface area (Å²) in [5, 5.41) is 2.92. The van der Waals surface area contributed by atoms with Crippen molar-refractivity contribution in [1.82, 2.24) is 9.80 Å². The van der Waals surface area contributed by atoms with Crippen LogP contribution in [0, 0.1) is 0 Å². The second-order valence-electron chi connectivity index (χ2n) is 8.60. The molecular formula is C24H26ClN3O3S. The van der Waals surface area contributed by atoms with Crippen molar-refractivity contribution in [3.63, 3.8) is 0 Å². The number of fused-ring (bicyclic) bond motifs is 1. The molecule has 2 aromatic rings. The van der Waals surface area contributed by atoms with E-state index in [-0.39, 0.29) is 24.1 Å². The number of amides is 3. The minimum atomic E-state index is -0.624. The summed E-state index contributed by atoms with van der Waals surface area (Å²) in [5.74, 6) is -0.186. The molecule has 2 aliphatic heterocycles. The van der Waals surface area contributed by atoms with Crippen LogP contribution in [0.25, 0.3) is 0 Å². The topological polar surface area (TPSA) is 69.7 Å². The Morgan fingerprint density at radius 2 is 1.72 bits per heavy atom. The minimum absolute atomic E-state index is 0.0632. The first-order valence-corrected chi connectivity index (χ1v) is 11.9. The van der Waals surface area contributed by atoms with Crippen molar-refractivity contribution in [3.05, 3.63) is 59.1 Å². The second kappa shape index (κ2) is 9.16. The summed E-state index contributed by atoms with van der Waals surface area (Å²) in [6.07, 6.45) is 0.127. The number of piperazine rings is 1. The predicted octanol–water partition coefficient (Wildman–Crippen LogP) is 3.79. The molecule has 1 saturated heterocycles. The van der Waals surface area contributed by atoms with Crippen LogP contribution < -0.4 is 5.32 Å². The number of halogens is 1. The predicted molar refractivity (Wildman–Crippen MR) is 127 cm³/mol. The third kappa shape index (κ3) is 4.64. The molecule has 8 heteroatoms. The van der Waals surface area contributed by atoms with Gasteiger partial charge in [0.1, 0.15) is 0 Å². The molecule has 32 heavy (non-hydrogen) atoms. The molecule has 3 amide bonds. The number of carbonyl (C=O) groups excluding carboxylic acids is 3. The van der Waals surface area contributed by atoms with E-state index < -0.39 is 10.7 Å². The van der Waals surface area contributed by atoms with Crippen molar-refractivity contribution in [2.24, 2.45) is 0 Å². The fourth-order valence-corrected chi connectivity index (χ4v) is 5.33. The summed E-state index contributed by atoms with van der Waals surface area (Å²) in [6, 6.07) is 15.1. The summed E-state index contributed by atoms with van der Waals surface area (Å²) in [4.78, 5) is 43.0. The van der Waals surface area contributed by atoms with Crippen molar-refractivity contribution >= 4 is 46.8 Å². The van der Waals surface area contributed by atoms with Crippen LogP contribution in [0.2, 0.25) is 5.02 Å². The Balaban J connectivity index is 1.33. The van der Waals surface area contributed by atoms with E-state index in [1.165, 1.54) is 11.8 Å². The summed E-state index contributed by atoms with van der Waals surface area (Å²) in [5.41, 5.74) is 1.04. The third-order valence-corrected chi connectivity index (χ3v) is 7.58. The molecule has 2 aromatic carbocycles. The van der Waals surface area contributed by atoms with Gasteiger partial charge in [0, 0.05) is 42.5 Å². The first kappa shape index (κ1) is 22.7. The van der Waals surface area contributed by atoms with Crippen molar-refractivity contribution in [2.45, 2.75) is 35.8 Å². The molecule has 1 N–H and O–H groups in total. The number of nitrogens with zero attached hydrogens (tertiary/aromatic N) is 2. The fraction of sp³-hybridized carbons (Fsp3) is 0.375. The van der Waals surface area contributed by atoms with Crippen LogP contribution in [-0.4, -0.2) is 59.0 Å². The number of anilines is 1. The Labute approximate surface area is 197 Å². The smallest absolute Gasteiger partial charge is 0.238 e. The zero-order valence-electron chi connectivity index (χ0n) is 18.1. The van der Waals surface area contributed by atoms with Gasteiger partial charge in [0.05, 0.1) is 16.4 Å². The SMILES string of the molecule is CC(C)(C(=O)N1CCN(C(=O)CC2Sc3ccc(Cl)cc3NC2=O)CC1)c1ccccc1. The molecule has 0 bridgehead atoms. The van der Waals surface area contributed by atoms with E-state index in [4.69, 9.17) is 11.6 Å². The summed E-state index contributed by atoms with van der Waals surface area (Å²) < 4.78 is 0. The van der Waals surface area contributed by atoms with Gasteiger partial charge >= 0.3 is 0 Å². The fourth-order valence-electron chi connectivity index (χ4n) is 4.08. The molecule has 1 unspecified atom stereocenters. The Bertz CT molecular complexity index is 1040. The number of carbonyl (C=O) groups is 3. The minimum Gasteiger partial charge on any atom is -0.339 e. The summed E-state index contributed by atoms with van der Waals surface area (Å²) in [7, 11) is 0. The van der Waals surface area contributed by atoms with Gasteiger partial charge in [0.15, 0.2) is 0 Å². The summed E-state index contributed by atoms with van der Waals surface area (Å²) >= 11 is 7.38. The quantitative estimate of drug-likeness (QED) is 0.736. The van der Waals surface area contributed by atoms with E-state index in [9.17, 15) is 14.4 Å². The van der Waals surface area contributed by atoms with Gasteiger partial charge < -0.3 is 15.1 Å². The zero-order chi connectivity index (χ0) is 22.9. The van der Waals surface area contributed by atoms with Crippen molar-refractivity contribution in [3.8, 4) is 0 Å². The van der Waals surface area contributed by atoms with Gasteiger partial charge in [-0.1, -0.05) is 41.9 Å². The lowest BCUT2D eigenvalue weighted by Gasteiger charge is -2.39. The lowest BCUT2D eigenvalue weighted by atomic mass is 9.83. The van der Waals surface area contributed by atoms with Crippen LogP contribution in [0.15, 0.2) is 53.4 Å². The monoisotopic (exact) mass is 471 g/mol. The Kier molecular flexibility index (Phi) is 6.49. The first-order valence-electron chi connectivity index (χ1n) is 10.7. The number of hydrogen-bond acceptors (Lipinski definition) is 4. The van der Waals surface area contributed by atoms with Crippen LogP contribution >= 0.6 is 23.4 Å². The largest absolute Gasteiger partial charge is 0.339 e. The highest BCUT2D eigenvalue weighted by molar-refractivity contribution is 8.01. The number of benzene rings is 2. The highest BCUT2D eigenvalue weighted by Gasteiger charge is 2.36. The van der Waals surface area contributed by atoms with Crippen LogP contribution in [0.1, 0.15) is 25.8 Å². The van der Waals surface area contributed by atoms with Crippen molar-refractivity contribution < 1.29 is 14.4 Å². The zero-order valence-corrected chi connectivity index (χ0v) is 19.7. The van der Waals surface area contributed by atoms with Crippen LogP contribution in [0.5, 0.6) is 0 Å². The van der Waals surface area contributed by atoms with E-state index in [1.807, 2.05) is 55.1 Å². The molecule has 2 heterocycles. The van der Waals surface area contributed by atoms with E-state index in [2.05, 4.69) is 5.32 Å². The highest BCUT2D eigenvalue weighted by atomic mass is 35.5. The van der Waals surface area contributed by atoms with Gasteiger partial charge in [0.25, 0.3) is 0 Å². The highest BCUT2D eigenvalue weighted by Crippen LogP contribution is 2.38.